The van der Waals surface area contributed by atoms with Gasteiger partial charge in [0.25, 0.3) is 0 Å². The van der Waals surface area contributed by atoms with E-state index in [-0.39, 0.29) is 18.4 Å². The van der Waals surface area contributed by atoms with E-state index in [0.717, 1.165) is 16.9 Å². The standard InChI is InChI=1S/C14H20N2O3/c1-9-4-6-12(8-13(9)16-11(3)17)15-10(2)5-7-14(18)19/h4,6,8,10,15H,5,7H2,1-3H3,(H,16,17)(H,18,19). The first-order valence-electron chi connectivity index (χ1n) is 6.25. The van der Waals surface area contributed by atoms with Gasteiger partial charge in [0.2, 0.25) is 5.91 Å². The van der Waals surface area contributed by atoms with Gasteiger partial charge in [-0.05, 0) is 38.0 Å². The summed E-state index contributed by atoms with van der Waals surface area (Å²) in [6, 6.07) is 5.74. The summed E-state index contributed by atoms with van der Waals surface area (Å²) in [5, 5.41) is 14.6. The Morgan fingerprint density at radius 1 is 1.37 bits per heavy atom. The zero-order chi connectivity index (χ0) is 14.4. The average molecular weight is 264 g/mol. The van der Waals surface area contributed by atoms with Crippen molar-refractivity contribution >= 4 is 23.3 Å². The van der Waals surface area contributed by atoms with Crippen molar-refractivity contribution in [3.8, 4) is 0 Å². The highest BCUT2D eigenvalue weighted by atomic mass is 16.4. The van der Waals surface area contributed by atoms with Crippen LogP contribution in [-0.4, -0.2) is 23.0 Å². The van der Waals surface area contributed by atoms with Crippen LogP contribution in [0, 0.1) is 6.92 Å². The largest absolute Gasteiger partial charge is 0.481 e. The maximum absolute atomic E-state index is 11.1. The zero-order valence-electron chi connectivity index (χ0n) is 11.5. The predicted octanol–water partition coefficient (Wildman–Crippen LogP) is 2.62. The van der Waals surface area contributed by atoms with E-state index in [2.05, 4.69) is 10.6 Å². The number of carbonyl (C=O) groups is 2. The Bertz CT molecular complexity index is 472. The molecule has 1 atom stereocenters. The van der Waals surface area contributed by atoms with Crippen molar-refractivity contribution in [3.05, 3.63) is 23.8 Å². The van der Waals surface area contributed by atoms with E-state index < -0.39 is 5.97 Å². The molecule has 1 rings (SSSR count). The molecule has 0 aromatic heterocycles. The summed E-state index contributed by atoms with van der Waals surface area (Å²) in [4.78, 5) is 21.6. The number of aliphatic carboxylic acids is 1. The highest BCUT2D eigenvalue weighted by Gasteiger charge is 2.07. The molecule has 0 bridgehead atoms. The molecule has 0 aliphatic rings. The van der Waals surface area contributed by atoms with Crippen molar-refractivity contribution in [3.63, 3.8) is 0 Å². The molecule has 0 saturated carbocycles. The fourth-order valence-corrected chi connectivity index (χ4v) is 1.73. The SMILES string of the molecule is CC(=O)Nc1cc(NC(C)CCC(=O)O)ccc1C. The average Bonchev–Trinajstić information content (AvgIpc) is 2.30. The van der Waals surface area contributed by atoms with Gasteiger partial charge in [-0.3, -0.25) is 9.59 Å². The van der Waals surface area contributed by atoms with Gasteiger partial charge in [0.05, 0.1) is 0 Å². The molecule has 104 valence electrons. The lowest BCUT2D eigenvalue weighted by atomic mass is 10.1. The molecule has 1 aromatic carbocycles. The molecule has 5 nitrogen and oxygen atoms in total. The molecule has 1 amide bonds. The van der Waals surface area contributed by atoms with Crippen LogP contribution in [0.1, 0.15) is 32.3 Å². The van der Waals surface area contributed by atoms with Gasteiger partial charge in [-0.1, -0.05) is 6.07 Å². The second-order valence-electron chi connectivity index (χ2n) is 4.69. The summed E-state index contributed by atoms with van der Waals surface area (Å²) in [6.07, 6.45) is 0.692. The van der Waals surface area contributed by atoms with Crippen molar-refractivity contribution in [2.45, 2.75) is 39.7 Å². The molecule has 0 spiro atoms. The minimum atomic E-state index is -0.795. The van der Waals surface area contributed by atoms with E-state index in [1.165, 1.54) is 6.92 Å². The first kappa shape index (κ1) is 15.0. The van der Waals surface area contributed by atoms with Crippen LogP contribution in [0.25, 0.3) is 0 Å². The molecule has 0 radical (unpaired) electrons. The number of hydrogen-bond acceptors (Lipinski definition) is 3. The highest BCUT2D eigenvalue weighted by molar-refractivity contribution is 5.90. The van der Waals surface area contributed by atoms with E-state index >= 15 is 0 Å². The Morgan fingerprint density at radius 3 is 2.63 bits per heavy atom. The van der Waals surface area contributed by atoms with Gasteiger partial charge < -0.3 is 15.7 Å². The topological polar surface area (TPSA) is 78.4 Å². The number of carbonyl (C=O) groups excluding carboxylic acids is 1. The van der Waals surface area contributed by atoms with Gasteiger partial charge in [0, 0.05) is 30.8 Å². The number of amides is 1. The predicted molar refractivity (Wildman–Crippen MR) is 75.4 cm³/mol. The van der Waals surface area contributed by atoms with Crippen molar-refractivity contribution < 1.29 is 14.7 Å². The van der Waals surface area contributed by atoms with E-state index in [1.807, 2.05) is 32.0 Å². The minimum Gasteiger partial charge on any atom is -0.481 e. The van der Waals surface area contributed by atoms with E-state index in [0.29, 0.717) is 6.42 Å². The number of rotatable bonds is 6. The molecule has 0 saturated heterocycles. The van der Waals surface area contributed by atoms with Crippen LogP contribution in [0.2, 0.25) is 0 Å². The molecule has 3 N–H and O–H groups in total. The smallest absolute Gasteiger partial charge is 0.303 e. The van der Waals surface area contributed by atoms with Crippen LogP contribution in [0.3, 0.4) is 0 Å². The second kappa shape index (κ2) is 6.78. The molecule has 1 aromatic rings. The number of nitrogens with one attached hydrogen (secondary N) is 2. The highest BCUT2D eigenvalue weighted by Crippen LogP contribution is 2.21. The fraction of sp³-hybridized carbons (Fsp3) is 0.429. The number of benzene rings is 1. The number of anilines is 2. The number of aryl methyl sites for hydroxylation is 1. The monoisotopic (exact) mass is 264 g/mol. The van der Waals surface area contributed by atoms with Crippen LogP contribution in [0.15, 0.2) is 18.2 Å². The number of carboxylic acid groups (broad SMARTS) is 1. The fourth-order valence-electron chi connectivity index (χ4n) is 1.73. The Labute approximate surface area is 113 Å². The molecule has 0 aliphatic heterocycles. The molecule has 0 fully saturated rings. The van der Waals surface area contributed by atoms with Crippen molar-refractivity contribution in [1.29, 1.82) is 0 Å². The third-order valence-corrected chi connectivity index (χ3v) is 2.75. The van der Waals surface area contributed by atoms with Crippen molar-refractivity contribution in [2.75, 3.05) is 10.6 Å². The van der Waals surface area contributed by atoms with Gasteiger partial charge in [-0.2, -0.15) is 0 Å². The number of carboxylic acids is 1. The molecular weight excluding hydrogens is 244 g/mol. The van der Waals surface area contributed by atoms with E-state index in [1.54, 1.807) is 0 Å². The molecular formula is C14H20N2O3. The van der Waals surface area contributed by atoms with E-state index in [4.69, 9.17) is 5.11 Å². The second-order valence-corrected chi connectivity index (χ2v) is 4.69. The Hall–Kier alpha value is -2.04. The molecule has 0 heterocycles. The molecule has 1 unspecified atom stereocenters. The summed E-state index contributed by atoms with van der Waals surface area (Å²) in [5.41, 5.74) is 2.62. The molecule has 5 heteroatoms. The zero-order valence-corrected chi connectivity index (χ0v) is 11.5. The summed E-state index contributed by atoms with van der Waals surface area (Å²) >= 11 is 0. The first-order chi connectivity index (χ1) is 8.88. The summed E-state index contributed by atoms with van der Waals surface area (Å²) < 4.78 is 0. The maximum atomic E-state index is 11.1. The van der Waals surface area contributed by atoms with Gasteiger partial charge >= 0.3 is 5.97 Å². The van der Waals surface area contributed by atoms with Crippen LogP contribution in [0.5, 0.6) is 0 Å². The Morgan fingerprint density at radius 2 is 2.05 bits per heavy atom. The van der Waals surface area contributed by atoms with Gasteiger partial charge in [-0.25, -0.2) is 0 Å². The Kier molecular flexibility index (Phi) is 5.36. The third kappa shape index (κ3) is 5.42. The number of hydrogen-bond donors (Lipinski definition) is 3. The molecule has 19 heavy (non-hydrogen) atoms. The normalized spacial score (nSPS) is 11.7. The summed E-state index contributed by atoms with van der Waals surface area (Å²) in [5.74, 6) is -0.907. The van der Waals surface area contributed by atoms with Crippen molar-refractivity contribution in [1.82, 2.24) is 0 Å². The quantitative estimate of drug-likeness (QED) is 0.738. The van der Waals surface area contributed by atoms with Gasteiger partial charge in [0.1, 0.15) is 0 Å². The maximum Gasteiger partial charge on any atom is 0.303 e. The lowest BCUT2D eigenvalue weighted by Crippen LogP contribution is -2.17. The minimum absolute atomic E-state index is 0.0592. The first-order valence-corrected chi connectivity index (χ1v) is 6.25. The molecule has 0 aliphatic carbocycles. The van der Waals surface area contributed by atoms with Crippen LogP contribution in [-0.2, 0) is 9.59 Å². The van der Waals surface area contributed by atoms with Crippen LogP contribution >= 0.6 is 0 Å². The third-order valence-electron chi connectivity index (χ3n) is 2.75. The van der Waals surface area contributed by atoms with Crippen LogP contribution in [0.4, 0.5) is 11.4 Å². The van der Waals surface area contributed by atoms with Gasteiger partial charge in [0.15, 0.2) is 0 Å². The lowest BCUT2D eigenvalue weighted by Gasteiger charge is -2.16. The van der Waals surface area contributed by atoms with E-state index in [9.17, 15) is 9.59 Å². The Balaban J connectivity index is 2.68. The van der Waals surface area contributed by atoms with Crippen LogP contribution < -0.4 is 10.6 Å². The summed E-state index contributed by atoms with van der Waals surface area (Å²) in [6.45, 7) is 5.32. The van der Waals surface area contributed by atoms with Gasteiger partial charge in [-0.15, -0.1) is 0 Å². The lowest BCUT2D eigenvalue weighted by molar-refractivity contribution is -0.137. The van der Waals surface area contributed by atoms with Crippen molar-refractivity contribution in [2.24, 2.45) is 0 Å². The summed E-state index contributed by atoms with van der Waals surface area (Å²) in [7, 11) is 0.